The summed E-state index contributed by atoms with van der Waals surface area (Å²) >= 11 is 6.01. The molecule has 0 fully saturated rings. The Morgan fingerprint density at radius 1 is 1.05 bits per heavy atom. The normalized spacial score (nSPS) is 10.8. The number of esters is 1. The first-order chi connectivity index (χ1) is 9.58. The van der Waals surface area contributed by atoms with Gasteiger partial charge in [0, 0.05) is 11.1 Å². The summed E-state index contributed by atoms with van der Waals surface area (Å²) in [5, 5.41) is 0.601. The van der Waals surface area contributed by atoms with E-state index in [2.05, 4.69) is 0 Å². The van der Waals surface area contributed by atoms with Crippen molar-refractivity contribution in [2.24, 2.45) is 0 Å². The summed E-state index contributed by atoms with van der Waals surface area (Å²) in [5.41, 5.74) is 2.65. The molecule has 0 aliphatic rings. The van der Waals surface area contributed by atoms with Crippen molar-refractivity contribution >= 4 is 23.6 Å². The lowest BCUT2D eigenvalue weighted by atomic mass is 10.1. The molecule has 0 saturated heterocycles. The highest BCUT2D eigenvalue weighted by molar-refractivity contribution is 6.32. The molecule has 0 saturated carbocycles. The number of ether oxygens (including phenoxy) is 1. The Balaban J connectivity index is 2.12. The van der Waals surface area contributed by atoms with Crippen LogP contribution in [0, 0.1) is 13.8 Å². The second kappa shape index (κ2) is 6.40. The molecule has 0 bridgehead atoms. The van der Waals surface area contributed by atoms with Crippen molar-refractivity contribution < 1.29 is 9.53 Å². The summed E-state index contributed by atoms with van der Waals surface area (Å²) in [5.74, 6) is 0.198. The lowest BCUT2D eigenvalue weighted by Crippen LogP contribution is -2.06. The molecule has 0 aromatic heterocycles. The van der Waals surface area contributed by atoms with E-state index in [4.69, 9.17) is 16.3 Å². The van der Waals surface area contributed by atoms with E-state index in [1.165, 1.54) is 6.08 Å². The van der Waals surface area contributed by atoms with Crippen LogP contribution in [0.3, 0.4) is 0 Å². The Morgan fingerprint density at radius 2 is 1.70 bits per heavy atom. The van der Waals surface area contributed by atoms with Gasteiger partial charge in [0.25, 0.3) is 0 Å². The smallest absolute Gasteiger partial charge is 0.336 e. The Kier molecular flexibility index (Phi) is 4.59. The van der Waals surface area contributed by atoms with Crippen LogP contribution in [0.1, 0.15) is 16.7 Å². The topological polar surface area (TPSA) is 26.3 Å². The first kappa shape index (κ1) is 14.4. The molecule has 2 rings (SSSR count). The van der Waals surface area contributed by atoms with Gasteiger partial charge in [-0.2, -0.15) is 0 Å². The van der Waals surface area contributed by atoms with Gasteiger partial charge in [0.05, 0.1) is 0 Å². The number of hydrogen-bond acceptors (Lipinski definition) is 2. The van der Waals surface area contributed by atoms with Crippen LogP contribution in [-0.4, -0.2) is 5.97 Å². The zero-order valence-electron chi connectivity index (χ0n) is 11.4. The van der Waals surface area contributed by atoms with Gasteiger partial charge in [-0.1, -0.05) is 48.0 Å². The van der Waals surface area contributed by atoms with Gasteiger partial charge >= 0.3 is 5.97 Å². The number of hydrogen-bond donors (Lipinski definition) is 0. The van der Waals surface area contributed by atoms with Gasteiger partial charge < -0.3 is 4.74 Å². The maximum Gasteiger partial charge on any atom is 0.336 e. The number of carbonyl (C=O) groups excluding carboxylic acids is 1. The Bertz CT molecular complexity index is 640. The van der Waals surface area contributed by atoms with Crippen LogP contribution >= 0.6 is 11.6 Å². The second-order valence-corrected chi connectivity index (χ2v) is 4.90. The van der Waals surface area contributed by atoms with Crippen LogP contribution in [0.2, 0.25) is 5.02 Å². The molecule has 0 radical (unpaired) electrons. The summed E-state index contributed by atoms with van der Waals surface area (Å²) < 4.78 is 5.37. The zero-order valence-corrected chi connectivity index (χ0v) is 12.1. The second-order valence-electron chi connectivity index (χ2n) is 4.50. The molecule has 0 unspecified atom stereocenters. The third-order valence-electron chi connectivity index (χ3n) is 2.92. The third kappa shape index (κ3) is 3.49. The van der Waals surface area contributed by atoms with E-state index in [1.54, 1.807) is 12.1 Å². The van der Waals surface area contributed by atoms with Crippen molar-refractivity contribution in [2.75, 3.05) is 0 Å². The molecule has 2 aromatic rings. The molecule has 0 aliphatic heterocycles. The van der Waals surface area contributed by atoms with Gasteiger partial charge in [0.1, 0.15) is 5.75 Å². The predicted molar refractivity (Wildman–Crippen MR) is 82.0 cm³/mol. The fraction of sp³-hybridized carbons (Fsp3) is 0.118. The average Bonchev–Trinajstić information content (AvgIpc) is 2.42. The highest BCUT2D eigenvalue weighted by Gasteiger charge is 2.07. The average molecular weight is 287 g/mol. The van der Waals surface area contributed by atoms with Gasteiger partial charge in [0.2, 0.25) is 0 Å². The molecule has 2 nitrogen and oxygen atoms in total. The van der Waals surface area contributed by atoms with Crippen molar-refractivity contribution in [2.45, 2.75) is 13.8 Å². The fourth-order valence-electron chi connectivity index (χ4n) is 1.86. The summed E-state index contributed by atoms with van der Waals surface area (Å²) in [4.78, 5) is 11.8. The minimum atomic E-state index is -0.415. The number of carbonyl (C=O) groups is 1. The van der Waals surface area contributed by atoms with Gasteiger partial charge in [0.15, 0.2) is 0 Å². The minimum Gasteiger partial charge on any atom is -0.423 e. The van der Waals surface area contributed by atoms with Crippen molar-refractivity contribution in [3.05, 3.63) is 70.3 Å². The summed E-state index contributed by atoms with van der Waals surface area (Å²) in [6, 6.07) is 13.1. The lowest BCUT2D eigenvalue weighted by Gasteiger charge is -2.08. The summed E-state index contributed by atoms with van der Waals surface area (Å²) in [7, 11) is 0. The van der Waals surface area contributed by atoms with Crippen molar-refractivity contribution in [1.82, 2.24) is 0 Å². The van der Waals surface area contributed by atoms with Crippen molar-refractivity contribution in [1.29, 1.82) is 0 Å². The summed E-state index contributed by atoms with van der Waals surface area (Å²) in [6.07, 6.45) is 3.03. The Morgan fingerprint density at radius 3 is 2.35 bits per heavy atom. The van der Waals surface area contributed by atoms with Gasteiger partial charge in [-0.05, 0) is 42.7 Å². The van der Waals surface area contributed by atoms with E-state index in [1.807, 2.05) is 50.2 Å². The molecule has 0 aliphatic carbocycles. The van der Waals surface area contributed by atoms with Gasteiger partial charge in [-0.15, -0.1) is 0 Å². The van der Waals surface area contributed by atoms with Crippen LogP contribution in [0.15, 0.2) is 48.5 Å². The van der Waals surface area contributed by atoms with E-state index in [9.17, 15) is 4.79 Å². The number of aryl methyl sites for hydroxylation is 2. The SMILES string of the molecule is Cc1cccc(C)c1OC(=O)/C=C/c1ccccc1Cl. The fourth-order valence-corrected chi connectivity index (χ4v) is 2.06. The van der Waals surface area contributed by atoms with Gasteiger partial charge in [-0.3, -0.25) is 0 Å². The molecule has 0 atom stereocenters. The molecule has 2 aromatic carbocycles. The van der Waals surface area contributed by atoms with Crippen LogP contribution < -0.4 is 4.74 Å². The zero-order chi connectivity index (χ0) is 14.5. The van der Waals surface area contributed by atoms with Crippen LogP contribution in [0.25, 0.3) is 6.08 Å². The van der Waals surface area contributed by atoms with Gasteiger partial charge in [-0.25, -0.2) is 4.79 Å². The molecule has 20 heavy (non-hydrogen) atoms. The number of halogens is 1. The molecule has 0 spiro atoms. The lowest BCUT2D eigenvalue weighted by molar-refractivity contribution is -0.129. The molecule has 3 heteroatoms. The van der Waals surface area contributed by atoms with Crippen molar-refractivity contribution in [3.63, 3.8) is 0 Å². The largest absolute Gasteiger partial charge is 0.423 e. The summed E-state index contributed by atoms with van der Waals surface area (Å²) in [6.45, 7) is 3.82. The van der Waals surface area contributed by atoms with E-state index >= 15 is 0 Å². The van der Waals surface area contributed by atoms with Crippen LogP contribution in [0.4, 0.5) is 0 Å². The number of para-hydroxylation sites is 1. The number of rotatable bonds is 3. The molecule has 0 N–H and O–H groups in total. The standard InChI is InChI=1S/C17H15ClO2/c1-12-6-5-7-13(2)17(12)20-16(19)11-10-14-8-3-4-9-15(14)18/h3-11H,1-2H3/b11-10+. The quantitative estimate of drug-likeness (QED) is 0.469. The van der Waals surface area contributed by atoms with E-state index in [-0.39, 0.29) is 0 Å². The predicted octanol–water partition coefficient (Wildman–Crippen LogP) is 4.58. The molecule has 0 amide bonds. The van der Waals surface area contributed by atoms with Crippen LogP contribution in [0.5, 0.6) is 5.75 Å². The van der Waals surface area contributed by atoms with E-state index in [0.29, 0.717) is 10.8 Å². The highest BCUT2D eigenvalue weighted by Crippen LogP contribution is 2.23. The molecular formula is C17H15ClO2. The maximum absolute atomic E-state index is 11.8. The first-order valence-electron chi connectivity index (χ1n) is 6.28. The molecular weight excluding hydrogens is 272 g/mol. The Labute approximate surface area is 123 Å². The monoisotopic (exact) mass is 286 g/mol. The maximum atomic E-state index is 11.8. The minimum absolute atomic E-state index is 0.415. The number of benzene rings is 2. The van der Waals surface area contributed by atoms with E-state index < -0.39 is 5.97 Å². The molecule has 0 heterocycles. The molecule has 102 valence electrons. The highest BCUT2D eigenvalue weighted by atomic mass is 35.5. The van der Waals surface area contributed by atoms with Crippen LogP contribution in [-0.2, 0) is 4.79 Å². The van der Waals surface area contributed by atoms with Crippen molar-refractivity contribution in [3.8, 4) is 5.75 Å². The first-order valence-corrected chi connectivity index (χ1v) is 6.66. The van der Waals surface area contributed by atoms with E-state index in [0.717, 1.165) is 16.7 Å². The Hall–Kier alpha value is -2.06. The third-order valence-corrected chi connectivity index (χ3v) is 3.26.